The Morgan fingerprint density at radius 2 is 1.59 bits per heavy atom. The molecule has 0 spiro atoms. The van der Waals surface area contributed by atoms with Gasteiger partial charge in [-0.05, 0) is 35.9 Å². The molecular weight excluding hydrogens is 444 g/mol. The first-order chi connectivity index (χ1) is 16.4. The highest BCUT2D eigenvalue weighted by atomic mass is 16.5. The van der Waals surface area contributed by atoms with Gasteiger partial charge in [-0.3, -0.25) is 9.59 Å². The summed E-state index contributed by atoms with van der Waals surface area (Å²) >= 11 is 0. The fraction of sp³-hybridized carbons (Fsp3) is 0.292. The first-order valence-corrected chi connectivity index (χ1v) is 10.2. The summed E-state index contributed by atoms with van der Waals surface area (Å²) in [5, 5.41) is 6.69. The van der Waals surface area contributed by atoms with Crippen molar-refractivity contribution in [2.24, 2.45) is 0 Å². The zero-order chi connectivity index (χ0) is 24.7. The van der Waals surface area contributed by atoms with E-state index in [0.717, 1.165) is 0 Å². The van der Waals surface area contributed by atoms with Gasteiger partial charge in [0, 0.05) is 6.07 Å². The third-order valence-corrected chi connectivity index (χ3v) is 5.13. The Hall–Kier alpha value is -4.21. The maximum Gasteiger partial charge on any atom is 0.307 e. The minimum Gasteiger partial charge on any atom is -0.497 e. The van der Waals surface area contributed by atoms with Crippen molar-refractivity contribution in [1.29, 1.82) is 0 Å². The van der Waals surface area contributed by atoms with E-state index in [0.29, 0.717) is 39.9 Å². The molecule has 1 aromatic heterocycles. The molecular formula is C24H26N2O8. The number of aromatic nitrogens is 1. The molecule has 3 rings (SSSR count). The molecule has 10 heteroatoms. The number of esters is 1. The second-order valence-corrected chi connectivity index (χ2v) is 7.06. The largest absolute Gasteiger partial charge is 0.497 e. The normalized spacial score (nSPS) is 11.3. The van der Waals surface area contributed by atoms with Crippen molar-refractivity contribution in [2.75, 3.05) is 35.5 Å². The van der Waals surface area contributed by atoms with Crippen LogP contribution in [0.2, 0.25) is 0 Å². The zero-order valence-corrected chi connectivity index (χ0v) is 19.5. The number of carbonyl (C=O) groups is 2. The molecule has 2 aromatic carbocycles. The maximum atomic E-state index is 13.0. The molecule has 0 fully saturated rings. The standard InChI is InChI=1S/C24H26N2O8/c1-29-15-7-9-19(30-2)16(11-15)21-12-18(26-34-21)24(28)25-17(13-23(27)33-5)14-6-8-20(31-3)22(10-14)32-4/h6-12,17H,13H2,1-5H3,(H,25,28). The molecule has 0 saturated heterocycles. The van der Waals surface area contributed by atoms with Crippen LogP contribution < -0.4 is 24.3 Å². The van der Waals surface area contributed by atoms with Gasteiger partial charge in [0.15, 0.2) is 23.0 Å². The van der Waals surface area contributed by atoms with Gasteiger partial charge in [-0.25, -0.2) is 0 Å². The van der Waals surface area contributed by atoms with Crippen LogP contribution in [-0.2, 0) is 9.53 Å². The lowest BCUT2D eigenvalue weighted by Gasteiger charge is -2.19. The first kappa shape index (κ1) is 24.4. The molecule has 0 saturated carbocycles. The Morgan fingerprint density at radius 3 is 2.24 bits per heavy atom. The number of amides is 1. The monoisotopic (exact) mass is 470 g/mol. The second kappa shape index (κ2) is 11.1. The number of carbonyl (C=O) groups excluding carboxylic acids is 2. The van der Waals surface area contributed by atoms with Crippen molar-refractivity contribution in [3.05, 3.63) is 53.7 Å². The van der Waals surface area contributed by atoms with Crippen LogP contribution in [0.3, 0.4) is 0 Å². The van der Waals surface area contributed by atoms with E-state index in [4.69, 9.17) is 28.2 Å². The Labute approximate surface area is 196 Å². The lowest BCUT2D eigenvalue weighted by molar-refractivity contribution is -0.141. The van der Waals surface area contributed by atoms with Crippen molar-refractivity contribution in [2.45, 2.75) is 12.5 Å². The third-order valence-electron chi connectivity index (χ3n) is 5.13. The highest BCUT2D eigenvalue weighted by Crippen LogP contribution is 2.34. The average molecular weight is 470 g/mol. The van der Waals surface area contributed by atoms with Crippen LogP contribution >= 0.6 is 0 Å². The molecule has 0 aliphatic carbocycles. The molecule has 0 aliphatic heterocycles. The van der Waals surface area contributed by atoms with E-state index in [1.54, 1.807) is 43.5 Å². The van der Waals surface area contributed by atoms with E-state index in [1.807, 2.05) is 0 Å². The topological polar surface area (TPSA) is 118 Å². The van der Waals surface area contributed by atoms with Crippen molar-refractivity contribution in [3.63, 3.8) is 0 Å². The van der Waals surface area contributed by atoms with Crippen molar-refractivity contribution in [1.82, 2.24) is 10.5 Å². The Bertz CT molecular complexity index is 1160. The predicted molar refractivity (Wildman–Crippen MR) is 121 cm³/mol. The molecule has 3 aromatic rings. The lowest BCUT2D eigenvalue weighted by atomic mass is 10.0. The number of hydrogen-bond acceptors (Lipinski definition) is 9. The Kier molecular flexibility index (Phi) is 7.96. The highest BCUT2D eigenvalue weighted by Gasteiger charge is 2.24. The van der Waals surface area contributed by atoms with Crippen molar-refractivity contribution in [3.8, 4) is 34.3 Å². The molecule has 1 atom stereocenters. The van der Waals surface area contributed by atoms with E-state index >= 15 is 0 Å². The SMILES string of the molecule is COC(=O)CC(NC(=O)c1cc(-c2cc(OC)ccc2OC)on1)c1ccc(OC)c(OC)c1. The summed E-state index contributed by atoms with van der Waals surface area (Å²) in [6.45, 7) is 0. The van der Waals surface area contributed by atoms with Gasteiger partial charge in [-0.15, -0.1) is 0 Å². The molecule has 0 radical (unpaired) electrons. The molecule has 10 nitrogen and oxygen atoms in total. The highest BCUT2D eigenvalue weighted by molar-refractivity contribution is 5.94. The van der Waals surface area contributed by atoms with Gasteiger partial charge in [0.25, 0.3) is 5.91 Å². The molecule has 1 unspecified atom stereocenters. The number of hydrogen-bond donors (Lipinski definition) is 1. The lowest BCUT2D eigenvalue weighted by Crippen LogP contribution is -2.30. The van der Waals surface area contributed by atoms with E-state index in [1.165, 1.54) is 34.5 Å². The van der Waals surface area contributed by atoms with E-state index in [9.17, 15) is 9.59 Å². The van der Waals surface area contributed by atoms with Gasteiger partial charge in [0.2, 0.25) is 0 Å². The average Bonchev–Trinajstić information content (AvgIpc) is 3.37. The third kappa shape index (κ3) is 5.40. The molecule has 180 valence electrons. The van der Waals surface area contributed by atoms with Crippen molar-refractivity contribution < 1.29 is 37.8 Å². The Morgan fingerprint density at radius 1 is 0.882 bits per heavy atom. The van der Waals surface area contributed by atoms with Crippen LogP contribution in [0.1, 0.15) is 28.5 Å². The van der Waals surface area contributed by atoms with Crippen LogP contribution in [0.15, 0.2) is 47.0 Å². The van der Waals surface area contributed by atoms with Gasteiger partial charge in [-0.1, -0.05) is 11.2 Å². The minimum atomic E-state index is -0.716. The van der Waals surface area contributed by atoms with E-state index in [-0.39, 0.29) is 12.1 Å². The minimum absolute atomic E-state index is 0.0233. The van der Waals surface area contributed by atoms with Crippen LogP contribution in [-0.4, -0.2) is 52.6 Å². The molecule has 1 N–H and O–H groups in total. The fourth-order valence-corrected chi connectivity index (χ4v) is 3.32. The molecule has 34 heavy (non-hydrogen) atoms. The summed E-state index contributed by atoms with van der Waals surface area (Å²) in [5.41, 5.74) is 1.21. The molecule has 0 aliphatic rings. The van der Waals surface area contributed by atoms with Gasteiger partial charge < -0.3 is 33.5 Å². The van der Waals surface area contributed by atoms with Gasteiger partial charge >= 0.3 is 5.97 Å². The van der Waals surface area contributed by atoms with Crippen LogP contribution in [0.5, 0.6) is 23.0 Å². The van der Waals surface area contributed by atoms with Gasteiger partial charge in [0.05, 0.1) is 53.6 Å². The van der Waals surface area contributed by atoms with Crippen LogP contribution in [0.25, 0.3) is 11.3 Å². The summed E-state index contributed by atoms with van der Waals surface area (Å²) in [6.07, 6.45) is -0.105. The fourth-order valence-electron chi connectivity index (χ4n) is 3.32. The number of rotatable bonds is 10. The summed E-state index contributed by atoms with van der Waals surface area (Å²) in [7, 11) is 7.36. The van der Waals surface area contributed by atoms with Crippen molar-refractivity contribution >= 4 is 11.9 Å². The van der Waals surface area contributed by atoms with Gasteiger partial charge in [0.1, 0.15) is 11.5 Å². The number of ether oxygens (including phenoxy) is 5. The zero-order valence-electron chi connectivity index (χ0n) is 19.5. The first-order valence-electron chi connectivity index (χ1n) is 10.2. The predicted octanol–water partition coefficient (Wildman–Crippen LogP) is 3.41. The van der Waals surface area contributed by atoms with Crippen LogP contribution in [0, 0.1) is 0 Å². The summed E-state index contributed by atoms with van der Waals surface area (Å²) < 4.78 is 31.4. The number of nitrogens with one attached hydrogen (secondary N) is 1. The maximum absolute atomic E-state index is 13.0. The van der Waals surface area contributed by atoms with E-state index < -0.39 is 17.9 Å². The van der Waals surface area contributed by atoms with Gasteiger partial charge in [-0.2, -0.15) is 0 Å². The Balaban J connectivity index is 1.88. The summed E-state index contributed by atoms with van der Waals surface area (Å²) in [4.78, 5) is 25.0. The number of methoxy groups -OCH3 is 5. The summed E-state index contributed by atoms with van der Waals surface area (Å²) in [6, 6.07) is 11.0. The number of benzene rings is 2. The quantitative estimate of drug-likeness (QED) is 0.445. The summed E-state index contributed by atoms with van der Waals surface area (Å²) in [5.74, 6) is 1.36. The molecule has 0 bridgehead atoms. The number of nitrogens with zero attached hydrogens (tertiary/aromatic N) is 1. The molecule has 1 amide bonds. The molecule has 1 heterocycles. The second-order valence-electron chi connectivity index (χ2n) is 7.06. The van der Waals surface area contributed by atoms with Crippen LogP contribution in [0.4, 0.5) is 0 Å². The van der Waals surface area contributed by atoms with E-state index in [2.05, 4.69) is 10.5 Å². The smallest absolute Gasteiger partial charge is 0.307 e.